The summed E-state index contributed by atoms with van der Waals surface area (Å²) in [7, 11) is 0. The number of hydrogen-bond acceptors (Lipinski definition) is 4. The number of aryl methyl sites for hydroxylation is 1. The maximum absolute atomic E-state index is 5.68. The van der Waals surface area contributed by atoms with E-state index in [1.807, 2.05) is 6.20 Å². The third-order valence-electron chi connectivity index (χ3n) is 3.01. The molecule has 1 aromatic rings. The Morgan fingerprint density at radius 2 is 2.20 bits per heavy atom. The topological polar surface area (TPSA) is 47.1 Å². The van der Waals surface area contributed by atoms with Crippen LogP contribution in [0.3, 0.4) is 0 Å². The molecule has 0 amide bonds. The molecule has 0 radical (unpaired) electrons. The van der Waals surface area contributed by atoms with Crippen molar-refractivity contribution in [2.24, 2.45) is 0 Å². The molecule has 1 saturated heterocycles. The summed E-state index contributed by atoms with van der Waals surface area (Å²) in [5, 5.41) is 0. The Balaban J connectivity index is 1.96. The molecule has 3 rings (SSSR count). The molecule has 0 unspecified atom stereocenters. The quantitative estimate of drug-likeness (QED) is 0.676. The minimum absolute atomic E-state index is 0.383. The van der Waals surface area contributed by atoms with Crippen molar-refractivity contribution >= 4 is 12.2 Å². The Morgan fingerprint density at radius 3 is 3.00 bits per heavy atom. The molecule has 1 fully saturated rings. The fourth-order valence-corrected chi connectivity index (χ4v) is 2.44. The Kier molecular flexibility index (Phi) is 2.12. The molecule has 0 bridgehead atoms. The Hall–Kier alpha value is -0.780. The van der Waals surface area contributed by atoms with Crippen molar-refractivity contribution in [3.05, 3.63) is 22.2 Å². The number of aromatic amines is 1. The van der Waals surface area contributed by atoms with Crippen molar-refractivity contribution in [2.75, 3.05) is 13.2 Å². The summed E-state index contributed by atoms with van der Waals surface area (Å²) in [6.45, 7) is 1.40. The fraction of sp³-hybridized carbons (Fsp3) is 0.600. The van der Waals surface area contributed by atoms with Crippen molar-refractivity contribution in [3.63, 3.8) is 0 Å². The SMILES string of the molecule is S=c1ncc2c([nH]1)CCC1(C2)OCCO1. The van der Waals surface area contributed by atoms with E-state index in [1.165, 1.54) is 5.69 Å². The standard InChI is InChI=1S/C10H12N2O2S/c15-9-11-6-7-5-10(13-3-4-14-10)2-1-8(7)12-9/h6H,1-5H2,(H,11,12,15). The van der Waals surface area contributed by atoms with E-state index in [0.29, 0.717) is 18.0 Å². The molecule has 0 saturated carbocycles. The lowest BCUT2D eigenvalue weighted by atomic mass is 9.92. The van der Waals surface area contributed by atoms with Gasteiger partial charge < -0.3 is 14.5 Å². The first kappa shape index (κ1) is 9.45. The van der Waals surface area contributed by atoms with Gasteiger partial charge in [0.25, 0.3) is 0 Å². The predicted octanol–water partition coefficient (Wildman–Crippen LogP) is 1.37. The van der Waals surface area contributed by atoms with Crippen LogP contribution in [0.1, 0.15) is 17.7 Å². The molecule has 1 N–H and O–H groups in total. The second kappa shape index (κ2) is 3.37. The van der Waals surface area contributed by atoms with Gasteiger partial charge in [-0.2, -0.15) is 0 Å². The predicted molar refractivity (Wildman–Crippen MR) is 56.1 cm³/mol. The van der Waals surface area contributed by atoms with Crippen LogP contribution in [0.4, 0.5) is 0 Å². The highest BCUT2D eigenvalue weighted by Gasteiger charge is 2.39. The van der Waals surface area contributed by atoms with Crippen LogP contribution in [-0.4, -0.2) is 29.0 Å². The zero-order chi connectivity index (χ0) is 10.3. The zero-order valence-electron chi connectivity index (χ0n) is 8.28. The zero-order valence-corrected chi connectivity index (χ0v) is 9.10. The summed E-state index contributed by atoms with van der Waals surface area (Å²) >= 11 is 4.99. The van der Waals surface area contributed by atoms with Crippen LogP contribution >= 0.6 is 12.2 Å². The first-order valence-corrected chi connectivity index (χ1v) is 5.53. The average Bonchev–Trinajstić information content (AvgIpc) is 2.67. The lowest BCUT2D eigenvalue weighted by Crippen LogP contribution is -2.37. The molecule has 5 heteroatoms. The van der Waals surface area contributed by atoms with Crippen LogP contribution in [0.25, 0.3) is 0 Å². The van der Waals surface area contributed by atoms with Gasteiger partial charge in [0.15, 0.2) is 10.6 Å². The normalized spacial score (nSPS) is 22.9. The molecule has 80 valence electrons. The molecule has 1 aliphatic heterocycles. The Bertz CT molecular complexity index is 437. The lowest BCUT2D eigenvalue weighted by Gasteiger charge is -2.32. The van der Waals surface area contributed by atoms with Gasteiger partial charge >= 0.3 is 0 Å². The molecule has 15 heavy (non-hydrogen) atoms. The summed E-state index contributed by atoms with van der Waals surface area (Å²) in [6.07, 6.45) is 4.43. The minimum atomic E-state index is -0.383. The van der Waals surface area contributed by atoms with E-state index in [-0.39, 0.29) is 5.79 Å². The second-order valence-electron chi connectivity index (χ2n) is 3.98. The molecule has 1 spiro atoms. The molecule has 2 aliphatic rings. The molecule has 0 aromatic carbocycles. The summed E-state index contributed by atoms with van der Waals surface area (Å²) in [4.78, 5) is 7.22. The van der Waals surface area contributed by atoms with E-state index in [9.17, 15) is 0 Å². The number of fused-ring (bicyclic) bond motifs is 1. The molecular formula is C10H12N2O2S. The Morgan fingerprint density at radius 1 is 1.40 bits per heavy atom. The highest BCUT2D eigenvalue weighted by Crippen LogP contribution is 2.33. The van der Waals surface area contributed by atoms with Gasteiger partial charge in [-0.1, -0.05) is 0 Å². The summed E-state index contributed by atoms with van der Waals surface area (Å²) in [5.41, 5.74) is 2.34. The average molecular weight is 224 g/mol. The van der Waals surface area contributed by atoms with Crippen LogP contribution in [0.2, 0.25) is 0 Å². The lowest BCUT2D eigenvalue weighted by molar-refractivity contribution is -0.164. The van der Waals surface area contributed by atoms with Crippen LogP contribution in [0, 0.1) is 4.77 Å². The smallest absolute Gasteiger partial charge is 0.196 e. The molecule has 2 heterocycles. The maximum atomic E-state index is 5.68. The van der Waals surface area contributed by atoms with Gasteiger partial charge in [0, 0.05) is 24.7 Å². The van der Waals surface area contributed by atoms with E-state index in [1.54, 1.807) is 0 Å². The van der Waals surface area contributed by atoms with E-state index in [0.717, 1.165) is 24.8 Å². The number of ether oxygens (including phenoxy) is 2. The molecule has 1 aliphatic carbocycles. The van der Waals surface area contributed by atoms with Crippen molar-refractivity contribution in [3.8, 4) is 0 Å². The highest BCUT2D eigenvalue weighted by molar-refractivity contribution is 7.71. The van der Waals surface area contributed by atoms with Crippen molar-refractivity contribution in [2.45, 2.75) is 25.0 Å². The summed E-state index contributed by atoms with van der Waals surface area (Å²) in [6, 6.07) is 0. The monoisotopic (exact) mass is 224 g/mol. The third-order valence-corrected chi connectivity index (χ3v) is 3.22. The van der Waals surface area contributed by atoms with Gasteiger partial charge in [0.05, 0.1) is 13.2 Å². The largest absolute Gasteiger partial charge is 0.347 e. The molecule has 1 aromatic heterocycles. The second-order valence-corrected chi connectivity index (χ2v) is 4.36. The van der Waals surface area contributed by atoms with Gasteiger partial charge in [-0.05, 0) is 24.2 Å². The summed E-state index contributed by atoms with van der Waals surface area (Å²) in [5.74, 6) is -0.383. The van der Waals surface area contributed by atoms with Crippen LogP contribution in [0.15, 0.2) is 6.20 Å². The number of rotatable bonds is 0. The van der Waals surface area contributed by atoms with Gasteiger partial charge in [0.2, 0.25) is 0 Å². The maximum Gasteiger partial charge on any atom is 0.196 e. The van der Waals surface area contributed by atoms with E-state index < -0.39 is 0 Å². The minimum Gasteiger partial charge on any atom is -0.347 e. The number of aromatic nitrogens is 2. The first-order valence-electron chi connectivity index (χ1n) is 5.12. The van der Waals surface area contributed by atoms with Crippen LogP contribution in [-0.2, 0) is 22.3 Å². The van der Waals surface area contributed by atoms with E-state index >= 15 is 0 Å². The van der Waals surface area contributed by atoms with Gasteiger partial charge in [-0.25, -0.2) is 4.98 Å². The first-order chi connectivity index (χ1) is 7.27. The third kappa shape index (κ3) is 1.60. The number of nitrogens with one attached hydrogen (secondary N) is 1. The summed E-state index contributed by atoms with van der Waals surface area (Å²) < 4.78 is 11.9. The van der Waals surface area contributed by atoms with E-state index in [4.69, 9.17) is 21.7 Å². The number of nitrogens with zero attached hydrogens (tertiary/aromatic N) is 1. The number of hydrogen-bond donors (Lipinski definition) is 1. The van der Waals surface area contributed by atoms with Crippen LogP contribution < -0.4 is 0 Å². The van der Waals surface area contributed by atoms with Crippen molar-refractivity contribution in [1.82, 2.24) is 9.97 Å². The van der Waals surface area contributed by atoms with Gasteiger partial charge in [-0.15, -0.1) is 0 Å². The molecule has 4 nitrogen and oxygen atoms in total. The molecule has 0 atom stereocenters. The van der Waals surface area contributed by atoms with Gasteiger partial charge in [0.1, 0.15) is 0 Å². The van der Waals surface area contributed by atoms with Crippen LogP contribution in [0.5, 0.6) is 0 Å². The van der Waals surface area contributed by atoms with Crippen molar-refractivity contribution in [1.29, 1.82) is 0 Å². The highest BCUT2D eigenvalue weighted by atomic mass is 32.1. The fourth-order valence-electron chi connectivity index (χ4n) is 2.27. The number of H-pyrrole nitrogens is 1. The Labute approximate surface area is 92.6 Å². The van der Waals surface area contributed by atoms with Crippen molar-refractivity contribution < 1.29 is 9.47 Å². The van der Waals surface area contributed by atoms with E-state index in [2.05, 4.69) is 9.97 Å². The van der Waals surface area contributed by atoms with Gasteiger partial charge in [-0.3, -0.25) is 0 Å². The molecular weight excluding hydrogens is 212 g/mol.